The van der Waals surface area contributed by atoms with Crippen molar-refractivity contribution in [2.24, 2.45) is 0 Å². The molecular weight excluding hydrogens is 360 g/mol. The standard InChI is InChI=1S/C13H16Br2N2O/c14-5-1-3-12-4-2-6-17(12)13(18)10-7-11(15)9-16-8-10/h7-9,12H,1-6H2. The van der Waals surface area contributed by atoms with Gasteiger partial charge in [0.25, 0.3) is 5.91 Å². The summed E-state index contributed by atoms with van der Waals surface area (Å²) in [5, 5.41) is 1.00. The highest BCUT2D eigenvalue weighted by Gasteiger charge is 2.28. The van der Waals surface area contributed by atoms with Gasteiger partial charge in [0.2, 0.25) is 0 Å². The Bertz CT molecular complexity index is 425. The summed E-state index contributed by atoms with van der Waals surface area (Å²) in [6.07, 6.45) is 7.78. The molecule has 2 rings (SSSR count). The second kappa shape index (κ2) is 6.66. The molecule has 1 fully saturated rings. The van der Waals surface area contributed by atoms with Crippen molar-refractivity contribution in [1.29, 1.82) is 0 Å². The molecule has 1 aromatic rings. The fourth-order valence-corrected chi connectivity index (χ4v) is 3.10. The van der Waals surface area contributed by atoms with Crippen LogP contribution in [0.2, 0.25) is 0 Å². The molecule has 0 radical (unpaired) electrons. The van der Waals surface area contributed by atoms with Gasteiger partial charge in [0, 0.05) is 34.8 Å². The molecule has 1 atom stereocenters. The van der Waals surface area contributed by atoms with E-state index in [0.717, 1.165) is 42.0 Å². The third-order valence-corrected chi connectivity index (χ3v) is 4.26. The highest BCUT2D eigenvalue weighted by atomic mass is 79.9. The van der Waals surface area contributed by atoms with Crippen LogP contribution in [0.15, 0.2) is 22.9 Å². The number of carbonyl (C=O) groups is 1. The Morgan fingerprint density at radius 2 is 2.33 bits per heavy atom. The number of carbonyl (C=O) groups excluding carboxylic acids is 1. The molecule has 0 aromatic carbocycles. The summed E-state index contributed by atoms with van der Waals surface area (Å²) in [5.41, 5.74) is 0.676. The van der Waals surface area contributed by atoms with Crippen molar-refractivity contribution < 1.29 is 4.79 Å². The van der Waals surface area contributed by atoms with Crippen LogP contribution in [-0.4, -0.2) is 33.7 Å². The van der Waals surface area contributed by atoms with Gasteiger partial charge in [-0.05, 0) is 47.7 Å². The predicted molar refractivity (Wildman–Crippen MR) is 79.0 cm³/mol. The van der Waals surface area contributed by atoms with E-state index in [1.807, 2.05) is 11.0 Å². The van der Waals surface area contributed by atoms with Crippen LogP contribution in [0.4, 0.5) is 0 Å². The van der Waals surface area contributed by atoms with Gasteiger partial charge in [0.1, 0.15) is 0 Å². The zero-order valence-electron chi connectivity index (χ0n) is 10.1. The topological polar surface area (TPSA) is 33.2 Å². The fraction of sp³-hybridized carbons (Fsp3) is 0.538. The number of amides is 1. The maximum absolute atomic E-state index is 12.4. The van der Waals surface area contributed by atoms with Gasteiger partial charge in [0.05, 0.1) is 5.56 Å². The molecule has 1 saturated heterocycles. The lowest BCUT2D eigenvalue weighted by atomic mass is 10.1. The number of aromatic nitrogens is 1. The number of hydrogen-bond donors (Lipinski definition) is 0. The van der Waals surface area contributed by atoms with Gasteiger partial charge in [-0.2, -0.15) is 0 Å². The van der Waals surface area contributed by atoms with Crippen LogP contribution in [0.3, 0.4) is 0 Å². The Morgan fingerprint density at radius 3 is 3.06 bits per heavy atom. The lowest BCUT2D eigenvalue weighted by Crippen LogP contribution is -2.35. The molecule has 0 N–H and O–H groups in total. The first-order chi connectivity index (χ1) is 8.72. The normalized spacial score (nSPS) is 19.2. The summed E-state index contributed by atoms with van der Waals surface area (Å²) in [4.78, 5) is 18.5. The number of pyridine rings is 1. The predicted octanol–water partition coefficient (Wildman–Crippen LogP) is 3.62. The Labute approximate surface area is 124 Å². The van der Waals surface area contributed by atoms with Gasteiger partial charge >= 0.3 is 0 Å². The molecule has 3 nitrogen and oxygen atoms in total. The molecule has 1 aromatic heterocycles. The lowest BCUT2D eigenvalue weighted by molar-refractivity contribution is 0.0730. The molecule has 1 aliphatic rings. The van der Waals surface area contributed by atoms with Crippen LogP contribution >= 0.6 is 31.9 Å². The van der Waals surface area contributed by atoms with Crippen LogP contribution in [0, 0.1) is 0 Å². The monoisotopic (exact) mass is 374 g/mol. The number of rotatable bonds is 4. The maximum Gasteiger partial charge on any atom is 0.255 e. The summed E-state index contributed by atoms with van der Waals surface area (Å²) in [6.45, 7) is 0.873. The zero-order valence-corrected chi connectivity index (χ0v) is 13.3. The Balaban J connectivity index is 2.08. The second-order valence-corrected chi connectivity index (χ2v) is 6.23. The van der Waals surface area contributed by atoms with Crippen molar-refractivity contribution in [1.82, 2.24) is 9.88 Å². The van der Waals surface area contributed by atoms with Crippen LogP contribution in [0.5, 0.6) is 0 Å². The van der Waals surface area contributed by atoms with E-state index in [1.54, 1.807) is 12.4 Å². The average molecular weight is 376 g/mol. The largest absolute Gasteiger partial charge is 0.336 e. The molecule has 5 heteroatoms. The average Bonchev–Trinajstić information content (AvgIpc) is 2.83. The fourth-order valence-electron chi connectivity index (χ4n) is 2.41. The molecule has 0 saturated carbocycles. The van der Waals surface area contributed by atoms with Gasteiger partial charge in [-0.15, -0.1) is 0 Å². The molecule has 18 heavy (non-hydrogen) atoms. The molecule has 1 unspecified atom stereocenters. The molecule has 98 valence electrons. The molecule has 0 aliphatic carbocycles. The number of hydrogen-bond acceptors (Lipinski definition) is 2. The Kier molecular flexibility index (Phi) is 5.18. The van der Waals surface area contributed by atoms with E-state index < -0.39 is 0 Å². The molecule has 0 bridgehead atoms. The molecule has 0 spiro atoms. The minimum atomic E-state index is 0.112. The van der Waals surface area contributed by atoms with E-state index in [9.17, 15) is 4.79 Å². The summed E-state index contributed by atoms with van der Waals surface area (Å²) in [7, 11) is 0. The van der Waals surface area contributed by atoms with E-state index >= 15 is 0 Å². The van der Waals surface area contributed by atoms with E-state index in [-0.39, 0.29) is 5.91 Å². The van der Waals surface area contributed by atoms with Crippen LogP contribution in [-0.2, 0) is 0 Å². The molecule has 2 heterocycles. The maximum atomic E-state index is 12.4. The van der Waals surface area contributed by atoms with Gasteiger partial charge < -0.3 is 4.90 Å². The molecule has 1 amide bonds. The zero-order chi connectivity index (χ0) is 13.0. The second-order valence-electron chi connectivity index (χ2n) is 4.52. The van der Waals surface area contributed by atoms with Crippen molar-refractivity contribution in [3.8, 4) is 0 Å². The van der Waals surface area contributed by atoms with Crippen molar-refractivity contribution in [3.63, 3.8) is 0 Å². The highest BCUT2D eigenvalue weighted by Crippen LogP contribution is 2.24. The first-order valence-corrected chi connectivity index (χ1v) is 8.11. The first-order valence-electron chi connectivity index (χ1n) is 6.20. The van der Waals surface area contributed by atoms with Crippen molar-refractivity contribution in [2.45, 2.75) is 31.7 Å². The third kappa shape index (κ3) is 3.32. The van der Waals surface area contributed by atoms with Crippen molar-refractivity contribution in [2.75, 3.05) is 11.9 Å². The summed E-state index contributed by atoms with van der Waals surface area (Å²) in [5.74, 6) is 0.112. The minimum Gasteiger partial charge on any atom is -0.336 e. The summed E-state index contributed by atoms with van der Waals surface area (Å²) >= 11 is 6.81. The first kappa shape index (κ1) is 14.0. The van der Waals surface area contributed by atoms with Crippen molar-refractivity contribution in [3.05, 3.63) is 28.5 Å². The molecular formula is C13H16Br2N2O. The summed E-state index contributed by atoms with van der Waals surface area (Å²) < 4.78 is 0.851. The quantitative estimate of drug-likeness (QED) is 0.753. The lowest BCUT2D eigenvalue weighted by Gasteiger charge is -2.24. The smallest absolute Gasteiger partial charge is 0.255 e. The molecule has 1 aliphatic heterocycles. The number of nitrogens with zero attached hydrogens (tertiary/aromatic N) is 2. The third-order valence-electron chi connectivity index (χ3n) is 3.26. The van der Waals surface area contributed by atoms with E-state index in [2.05, 4.69) is 36.8 Å². The van der Waals surface area contributed by atoms with E-state index in [0.29, 0.717) is 11.6 Å². The number of likely N-dealkylation sites (tertiary alicyclic amines) is 1. The van der Waals surface area contributed by atoms with Gasteiger partial charge in [-0.3, -0.25) is 9.78 Å². The number of alkyl halides is 1. The van der Waals surface area contributed by atoms with Gasteiger partial charge in [0.15, 0.2) is 0 Å². The highest BCUT2D eigenvalue weighted by molar-refractivity contribution is 9.10. The number of halogens is 2. The van der Waals surface area contributed by atoms with E-state index in [1.165, 1.54) is 0 Å². The van der Waals surface area contributed by atoms with Crippen LogP contribution < -0.4 is 0 Å². The Hall–Kier alpha value is -0.420. The van der Waals surface area contributed by atoms with Crippen molar-refractivity contribution >= 4 is 37.8 Å². The van der Waals surface area contributed by atoms with E-state index in [4.69, 9.17) is 0 Å². The van der Waals surface area contributed by atoms with Gasteiger partial charge in [-0.1, -0.05) is 15.9 Å². The summed E-state index contributed by atoms with van der Waals surface area (Å²) in [6, 6.07) is 2.24. The van der Waals surface area contributed by atoms with Gasteiger partial charge in [-0.25, -0.2) is 0 Å². The van der Waals surface area contributed by atoms with Crippen LogP contribution in [0.1, 0.15) is 36.0 Å². The Morgan fingerprint density at radius 1 is 1.50 bits per heavy atom. The van der Waals surface area contributed by atoms with Crippen LogP contribution in [0.25, 0.3) is 0 Å². The minimum absolute atomic E-state index is 0.112. The SMILES string of the molecule is O=C(c1cncc(Br)c1)N1CCCC1CCCBr.